The Morgan fingerprint density at radius 3 is 2.96 bits per heavy atom. The fourth-order valence-corrected chi connectivity index (χ4v) is 4.77. The first kappa shape index (κ1) is 19.4. The average molecular weight is 476 g/mol. The van der Waals surface area contributed by atoms with Crippen LogP contribution in [0, 0.1) is 5.82 Å². The fourth-order valence-electron chi connectivity index (χ4n) is 4.18. The summed E-state index contributed by atoms with van der Waals surface area (Å²) in [6, 6.07) is -0.589. The molecule has 8 nitrogen and oxygen atoms in total. The second-order valence-corrected chi connectivity index (χ2v) is 8.11. The molecule has 0 radical (unpaired) electrons. The second-order valence-electron chi connectivity index (χ2n) is 6.94. The summed E-state index contributed by atoms with van der Waals surface area (Å²) in [6.45, 7) is 2.30. The van der Waals surface area contributed by atoms with Crippen molar-refractivity contribution in [1.82, 2.24) is 20.2 Å². The Labute approximate surface area is 172 Å². The predicted octanol–water partition coefficient (Wildman–Crippen LogP) is 3.14. The van der Waals surface area contributed by atoms with Crippen molar-refractivity contribution >= 4 is 44.5 Å². The SMILES string of the molecule is C[C@H](Oc1c(Cl)c(Br)c(F)c2ncnc(O)c12)[C@H]1NC[C@H]2CC[C@@H]1N2C(=O)O. The first-order valence-electron chi connectivity index (χ1n) is 8.72. The molecule has 2 aliphatic rings. The normalized spacial score (nSPS) is 25.1. The number of amides is 1. The van der Waals surface area contributed by atoms with Crippen LogP contribution in [0.1, 0.15) is 19.8 Å². The molecular formula is C17H17BrClFN4O4. The molecule has 28 heavy (non-hydrogen) atoms. The van der Waals surface area contributed by atoms with Gasteiger partial charge >= 0.3 is 6.09 Å². The van der Waals surface area contributed by atoms with Gasteiger partial charge in [0.15, 0.2) is 11.6 Å². The number of nitrogens with zero attached hydrogens (tertiary/aromatic N) is 3. The molecule has 2 bridgehead atoms. The number of aromatic nitrogens is 2. The van der Waals surface area contributed by atoms with Gasteiger partial charge in [0, 0.05) is 12.6 Å². The first-order valence-corrected chi connectivity index (χ1v) is 9.89. The molecule has 11 heteroatoms. The lowest BCUT2D eigenvalue weighted by atomic mass is 10.00. The van der Waals surface area contributed by atoms with E-state index in [1.165, 1.54) is 4.90 Å². The molecule has 2 aromatic rings. The summed E-state index contributed by atoms with van der Waals surface area (Å²) in [5, 5.41) is 22.9. The topological polar surface area (TPSA) is 108 Å². The highest BCUT2D eigenvalue weighted by Gasteiger charge is 2.47. The van der Waals surface area contributed by atoms with Crippen LogP contribution in [0.5, 0.6) is 11.6 Å². The summed E-state index contributed by atoms with van der Waals surface area (Å²) in [5.74, 6) is -1.14. The van der Waals surface area contributed by atoms with Crippen molar-refractivity contribution in [2.24, 2.45) is 0 Å². The zero-order valence-electron chi connectivity index (χ0n) is 14.7. The van der Waals surface area contributed by atoms with Gasteiger partial charge in [-0.15, -0.1) is 0 Å². The molecule has 4 rings (SSSR count). The molecule has 2 saturated heterocycles. The van der Waals surface area contributed by atoms with E-state index in [1.54, 1.807) is 6.92 Å². The van der Waals surface area contributed by atoms with Crippen LogP contribution in [0.15, 0.2) is 10.8 Å². The molecule has 1 aromatic carbocycles. The Bertz CT molecular complexity index is 965. The molecule has 3 heterocycles. The Hall–Kier alpha value is -1.91. The van der Waals surface area contributed by atoms with E-state index in [4.69, 9.17) is 16.3 Å². The smallest absolute Gasteiger partial charge is 0.407 e. The summed E-state index contributed by atoms with van der Waals surface area (Å²) >= 11 is 9.38. The summed E-state index contributed by atoms with van der Waals surface area (Å²) < 4.78 is 20.5. The summed E-state index contributed by atoms with van der Waals surface area (Å²) in [7, 11) is 0. The molecule has 0 unspecified atom stereocenters. The van der Waals surface area contributed by atoms with E-state index in [0.29, 0.717) is 6.54 Å². The van der Waals surface area contributed by atoms with Crippen LogP contribution in [0.4, 0.5) is 9.18 Å². The van der Waals surface area contributed by atoms with Crippen LogP contribution < -0.4 is 10.1 Å². The molecule has 1 amide bonds. The van der Waals surface area contributed by atoms with Gasteiger partial charge in [-0.2, -0.15) is 0 Å². The number of nitrogens with one attached hydrogen (secondary N) is 1. The number of fused-ring (bicyclic) bond motifs is 3. The molecule has 2 fully saturated rings. The van der Waals surface area contributed by atoms with Gasteiger partial charge in [-0.25, -0.2) is 19.2 Å². The van der Waals surface area contributed by atoms with Crippen molar-refractivity contribution in [3.05, 3.63) is 21.6 Å². The number of piperazine rings is 1. The van der Waals surface area contributed by atoms with Gasteiger partial charge < -0.3 is 20.3 Å². The van der Waals surface area contributed by atoms with Crippen LogP contribution in [0.3, 0.4) is 0 Å². The van der Waals surface area contributed by atoms with E-state index in [0.717, 1.165) is 19.2 Å². The van der Waals surface area contributed by atoms with Gasteiger partial charge in [0.25, 0.3) is 0 Å². The minimum atomic E-state index is -0.953. The average Bonchev–Trinajstić information content (AvgIpc) is 2.97. The third kappa shape index (κ3) is 2.94. The van der Waals surface area contributed by atoms with E-state index in [1.807, 2.05) is 0 Å². The molecule has 0 spiro atoms. The van der Waals surface area contributed by atoms with Crippen LogP contribution in [-0.2, 0) is 0 Å². The standard InChI is InChI=1S/C17H17BrClFN4O4/c1-6(13-8-3-2-7(4-21-13)24(8)17(26)27)28-15-9-14(22-5-23-16(9)25)12(20)10(18)11(15)19/h5-8,13,21H,2-4H2,1H3,(H,26,27)(H,22,23,25)/t6-,7+,8-,13+/m0/s1. The number of halogens is 3. The van der Waals surface area contributed by atoms with Gasteiger partial charge in [-0.05, 0) is 35.7 Å². The molecule has 0 saturated carbocycles. The van der Waals surface area contributed by atoms with E-state index < -0.39 is 23.9 Å². The number of carbonyl (C=O) groups is 1. The van der Waals surface area contributed by atoms with Crippen molar-refractivity contribution in [1.29, 1.82) is 0 Å². The quantitative estimate of drug-likeness (QED) is 0.585. The number of hydrogen-bond acceptors (Lipinski definition) is 6. The minimum Gasteiger partial charge on any atom is -0.493 e. The zero-order chi connectivity index (χ0) is 20.2. The van der Waals surface area contributed by atoms with Crippen molar-refractivity contribution in [3.63, 3.8) is 0 Å². The van der Waals surface area contributed by atoms with Crippen molar-refractivity contribution in [3.8, 4) is 11.6 Å². The molecule has 2 aliphatic heterocycles. The van der Waals surface area contributed by atoms with Crippen molar-refractivity contribution in [2.75, 3.05) is 6.54 Å². The largest absolute Gasteiger partial charge is 0.493 e. The van der Waals surface area contributed by atoms with Crippen molar-refractivity contribution in [2.45, 2.75) is 44.0 Å². The summed E-state index contributed by atoms with van der Waals surface area (Å²) in [6.07, 6.45) is 1.07. The van der Waals surface area contributed by atoms with Crippen LogP contribution in [-0.4, -0.2) is 61.9 Å². The predicted molar refractivity (Wildman–Crippen MR) is 102 cm³/mol. The minimum absolute atomic E-state index is 0.0322. The molecule has 150 valence electrons. The van der Waals surface area contributed by atoms with Crippen LogP contribution in [0.2, 0.25) is 5.02 Å². The van der Waals surface area contributed by atoms with Gasteiger partial charge in [-0.3, -0.25) is 4.90 Å². The Balaban J connectivity index is 1.72. The highest BCUT2D eigenvalue weighted by atomic mass is 79.9. The van der Waals surface area contributed by atoms with Crippen molar-refractivity contribution < 1.29 is 24.1 Å². The first-order chi connectivity index (χ1) is 13.3. The number of benzene rings is 1. The Kier molecular flexibility index (Phi) is 4.96. The lowest BCUT2D eigenvalue weighted by Gasteiger charge is -2.41. The molecule has 1 aromatic heterocycles. The van der Waals surface area contributed by atoms with Gasteiger partial charge in [0.1, 0.15) is 28.4 Å². The van der Waals surface area contributed by atoms with Crippen LogP contribution >= 0.6 is 27.5 Å². The van der Waals surface area contributed by atoms with Gasteiger partial charge in [-0.1, -0.05) is 11.6 Å². The number of rotatable bonds is 3. The maximum Gasteiger partial charge on any atom is 0.407 e. The third-order valence-corrected chi connectivity index (χ3v) is 6.76. The number of ether oxygens (including phenoxy) is 1. The Morgan fingerprint density at radius 2 is 2.25 bits per heavy atom. The number of hydrogen-bond donors (Lipinski definition) is 3. The lowest BCUT2D eigenvalue weighted by Crippen LogP contribution is -2.63. The van der Waals surface area contributed by atoms with E-state index in [-0.39, 0.29) is 44.3 Å². The Morgan fingerprint density at radius 1 is 1.50 bits per heavy atom. The maximum absolute atomic E-state index is 14.5. The number of carboxylic acid groups (broad SMARTS) is 1. The molecular weight excluding hydrogens is 459 g/mol. The summed E-state index contributed by atoms with van der Waals surface area (Å²) in [4.78, 5) is 20.7. The van der Waals surface area contributed by atoms with E-state index in [9.17, 15) is 19.4 Å². The monoisotopic (exact) mass is 474 g/mol. The lowest BCUT2D eigenvalue weighted by molar-refractivity contribution is 0.0557. The zero-order valence-corrected chi connectivity index (χ0v) is 17.0. The maximum atomic E-state index is 14.5. The van der Waals surface area contributed by atoms with Gasteiger partial charge in [0.2, 0.25) is 5.88 Å². The fraction of sp³-hybridized carbons (Fsp3) is 0.471. The summed E-state index contributed by atoms with van der Waals surface area (Å²) in [5.41, 5.74) is -0.129. The third-order valence-electron chi connectivity index (χ3n) is 5.43. The highest BCUT2D eigenvalue weighted by molar-refractivity contribution is 9.10. The molecule has 0 aliphatic carbocycles. The molecule has 4 atom stereocenters. The van der Waals surface area contributed by atoms with E-state index in [2.05, 4.69) is 31.2 Å². The van der Waals surface area contributed by atoms with E-state index >= 15 is 0 Å². The highest BCUT2D eigenvalue weighted by Crippen LogP contribution is 2.44. The second kappa shape index (κ2) is 7.16. The van der Waals surface area contributed by atoms with Crippen LogP contribution in [0.25, 0.3) is 10.9 Å². The van der Waals surface area contributed by atoms with Gasteiger partial charge in [0.05, 0.1) is 16.6 Å². The molecule has 3 N–H and O–H groups in total. The number of aromatic hydroxyl groups is 1.